The lowest BCUT2D eigenvalue weighted by Crippen LogP contribution is -2.40. The molecule has 0 radical (unpaired) electrons. The molecule has 17 heavy (non-hydrogen) atoms. The molecular formula is C14H29NO2. The Labute approximate surface area is 107 Å². The van der Waals surface area contributed by atoms with Crippen molar-refractivity contribution in [2.24, 2.45) is 0 Å². The number of allylic oxidation sites excluding steroid dienone is 1. The molecule has 1 unspecified atom stereocenters. The molecule has 0 spiro atoms. The van der Waals surface area contributed by atoms with Gasteiger partial charge >= 0.3 is 0 Å². The van der Waals surface area contributed by atoms with Gasteiger partial charge in [-0.05, 0) is 40.5 Å². The summed E-state index contributed by atoms with van der Waals surface area (Å²) in [6.45, 7) is 15.7. The fourth-order valence-electron chi connectivity index (χ4n) is 1.26. The molecule has 1 atom stereocenters. The van der Waals surface area contributed by atoms with Crippen molar-refractivity contribution in [1.29, 1.82) is 0 Å². The molecule has 0 aromatic heterocycles. The van der Waals surface area contributed by atoms with Crippen LogP contribution in [0.25, 0.3) is 0 Å². The van der Waals surface area contributed by atoms with Gasteiger partial charge in [0.2, 0.25) is 0 Å². The second-order valence-electron chi connectivity index (χ2n) is 5.50. The molecule has 3 heteroatoms. The number of hydrogen-bond donors (Lipinski definition) is 1. The van der Waals surface area contributed by atoms with Crippen LogP contribution >= 0.6 is 0 Å². The molecule has 0 aliphatic carbocycles. The first kappa shape index (κ1) is 16.5. The Bertz CT molecular complexity index is 238. The molecule has 102 valence electrons. The van der Waals surface area contributed by atoms with Crippen molar-refractivity contribution in [3.63, 3.8) is 0 Å². The van der Waals surface area contributed by atoms with E-state index in [0.717, 1.165) is 25.1 Å². The van der Waals surface area contributed by atoms with E-state index in [4.69, 9.17) is 9.47 Å². The summed E-state index contributed by atoms with van der Waals surface area (Å²) in [5, 5.41) is 3.25. The van der Waals surface area contributed by atoms with E-state index in [1.807, 2.05) is 6.92 Å². The highest BCUT2D eigenvalue weighted by molar-refractivity contribution is 4.89. The van der Waals surface area contributed by atoms with Crippen LogP contribution in [0.4, 0.5) is 0 Å². The quantitative estimate of drug-likeness (QED) is 0.675. The van der Waals surface area contributed by atoms with Gasteiger partial charge in [-0.15, -0.1) is 0 Å². The first-order valence-corrected chi connectivity index (χ1v) is 6.33. The van der Waals surface area contributed by atoms with Crippen molar-refractivity contribution < 1.29 is 9.47 Å². The third-order valence-corrected chi connectivity index (χ3v) is 3.22. The molecule has 1 N–H and O–H groups in total. The second-order valence-corrected chi connectivity index (χ2v) is 5.50. The Kier molecular flexibility index (Phi) is 6.80. The second kappa shape index (κ2) is 7.02. The SMILES string of the molecule is C=C(C)NCC(C)(CC)OCCC(C)(C)OC. The molecule has 0 saturated heterocycles. The van der Waals surface area contributed by atoms with E-state index in [9.17, 15) is 0 Å². The fraction of sp³-hybridized carbons (Fsp3) is 0.857. The Hall–Kier alpha value is -0.540. The fourth-order valence-corrected chi connectivity index (χ4v) is 1.26. The van der Waals surface area contributed by atoms with Gasteiger partial charge in [-0.3, -0.25) is 0 Å². The van der Waals surface area contributed by atoms with Crippen molar-refractivity contribution in [2.75, 3.05) is 20.3 Å². The van der Waals surface area contributed by atoms with E-state index in [1.165, 1.54) is 0 Å². The van der Waals surface area contributed by atoms with Gasteiger partial charge in [0.25, 0.3) is 0 Å². The van der Waals surface area contributed by atoms with Gasteiger partial charge in [-0.1, -0.05) is 13.5 Å². The zero-order chi connectivity index (χ0) is 13.5. The third-order valence-electron chi connectivity index (χ3n) is 3.22. The normalized spacial score (nSPS) is 15.4. The van der Waals surface area contributed by atoms with Crippen LogP contribution in [0.1, 0.15) is 47.5 Å². The van der Waals surface area contributed by atoms with Crippen LogP contribution in [-0.4, -0.2) is 31.5 Å². The molecule has 0 bridgehead atoms. The van der Waals surface area contributed by atoms with E-state index in [1.54, 1.807) is 7.11 Å². The van der Waals surface area contributed by atoms with Crippen LogP contribution in [0.5, 0.6) is 0 Å². The average Bonchev–Trinajstić information content (AvgIpc) is 2.26. The maximum absolute atomic E-state index is 5.98. The topological polar surface area (TPSA) is 30.5 Å². The molecule has 0 rings (SSSR count). The van der Waals surface area contributed by atoms with Gasteiger partial charge in [0.05, 0.1) is 17.8 Å². The van der Waals surface area contributed by atoms with Gasteiger partial charge in [-0.2, -0.15) is 0 Å². The first-order chi connectivity index (χ1) is 7.74. The number of rotatable bonds is 9. The van der Waals surface area contributed by atoms with Crippen LogP contribution in [0.3, 0.4) is 0 Å². The van der Waals surface area contributed by atoms with Gasteiger partial charge in [0.1, 0.15) is 0 Å². The lowest BCUT2D eigenvalue weighted by molar-refractivity contribution is -0.0659. The smallest absolute Gasteiger partial charge is 0.0823 e. The molecule has 0 heterocycles. The van der Waals surface area contributed by atoms with Crippen LogP contribution in [-0.2, 0) is 9.47 Å². The average molecular weight is 243 g/mol. The first-order valence-electron chi connectivity index (χ1n) is 6.33. The van der Waals surface area contributed by atoms with Gasteiger partial charge in [0, 0.05) is 19.4 Å². The van der Waals surface area contributed by atoms with Gasteiger partial charge in [0.15, 0.2) is 0 Å². The van der Waals surface area contributed by atoms with Crippen molar-refractivity contribution >= 4 is 0 Å². The van der Waals surface area contributed by atoms with Crippen molar-refractivity contribution in [2.45, 2.75) is 58.7 Å². The van der Waals surface area contributed by atoms with E-state index in [-0.39, 0.29) is 11.2 Å². The molecule has 0 aromatic rings. The zero-order valence-electron chi connectivity index (χ0n) is 12.4. The lowest BCUT2D eigenvalue weighted by Gasteiger charge is -2.31. The summed E-state index contributed by atoms with van der Waals surface area (Å²) in [7, 11) is 1.74. The minimum Gasteiger partial charge on any atom is -0.386 e. The maximum atomic E-state index is 5.98. The molecule has 0 saturated carbocycles. The zero-order valence-corrected chi connectivity index (χ0v) is 12.4. The summed E-state index contributed by atoms with van der Waals surface area (Å²) in [6.07, 6.45) is 1.87. The Morgan fingerprint density at radius 2 is 1.88 bits per heavy atom. The Morgan fingerprint density at radius 3 is 2.29 bits per heavy atom. The van der Waals surface area contributed by atoms with E-state index >= 15 is 0 Å². The van der Waals surface area contributed by atoms with Crippen LogP contribution in [0.2, 0.25) is 0 Å². The summed E-state index contributed by atoms with van der Waals surface area (Å²) >= 11 is 0. The lowest BCUT2D eigenvalue weighted by atomic mass is 10.0. The number of hydrogen-bond acceptors (Lipinski definition) is 3. The highest BCUT2D eigenvalue weighted by Gasteiger charge is 2.24. The standard InChI is InChI=1S/C14H29NO2/c1-8-14(6,11-15-12(2)3)17-10-9-13(4,5)16-7/h15H,2,8-11H2,1,3-7H3. The van der Waals surface area contributed by atoms with Gasteiger partial charge in [-0.25, -0.2) is 0 Å². The summed E-state index contributed by atoms with van der Waals surface area (Å²) in [5.41, 5.74) is 0.727. The van der Waals surface area contributed by atoms with Crippen LogP contribution < -0.4 is 5.32 Å². The summed E-state index contributed by atoms with van der Waals surface area (Å²) in [6, 6.07) is 0. The van der Waals surface area contributed by atoms with Crippen LogP contribution in [0, 0.1) is 0 Å². The van der Waals surface area contributed by atoms with Crippen molar-refractivity contribution in [3.8, 4) is 0 Å². The van der Waals surface area contributed by atoms with Crippen LogP contribution in [0.15, 0.2) is 12.3 Å². The molecular weight excluding hydrogens is 214 g/mol. The Morgan fingerprint density at radius 1 is 1.29 bits per heavy atom. The third kappa shape index (κ3) is 7.40. The molecule has 3 nitrogen and oxygen atoms in total. The van der Waals surface area contributed by atoms with E-state index in [0.29, 0.717) is 6.61 Å². The maximum Gasteiger partial charge on any atom is 0.0823 e. The van der Waals surface area contributed by atoms with E-state index in [2.05, 4.69) is 39.6 Å². The largest absolute Gasteiger partial charge is 0.386 e. The molecule has 0 aromatic carbocycles. The summed E-state index contributed by atoms with van der Waals surface area (Å²) < 4.78 is 11.4. The predicted molar refractivity (Wildman–Crippen MR) is 73.2 cm³/mol. The highest BCUT2D eigenvalue weighted by atomic mass is 16.5. The summed E-state index contributed by atoms with van der Waals surface area (Å²) in [5.74, 6) is 0. The predicted octanol–water partition coefficient (Wildman–Crippen LogP) is 3.11. The number of ether oxygens (including phenoxy) is 2. The Balaban J connectivity index is 4.07. The molecule has 0 aliphatic rings. The molecule has 0 fully saturated rings. The highest BCUT2D eigenvalue weighted by Crippen LogP contribution is 2.18. The number of nitrogens with one attached hydrogen (secondary N) is 1. The monoisotopic (exact) mass is 243 g/mol. The molecule has 0 amide bonds. The minimum absolute atomic E-state index is 0.115. The van der Waals surface area contributed by atoms with Gasteiger partial charge < -0.3 is 14.8 Å². The van der Waals surface area contributed by atoms with Crippen molar-refractivity contribution in [3.05, 3.63) is 12.3 Å². The summed E-state index contributed by atoms with van der Waals surface area (Å²) in [4.78, 5) is 0. The minimum atomic E-state index is -0.136. The van der Waals surface area contributed by atoms with E-state index < -0.39 is 0 Å². The number of methoxy groups -OCH3 is 1. The molecule has 0 aliphatic heterocycles. The van der Waals surface area contributed by atoms with Crippen molar-refractivity contribution in [1.82, 2.24) is 5.32 Å².